The van der Waals surface area contributed by atoms with Crippen LogP contribution in [0.25, 0.3) is 0 Å². The molecule has 4 heteroatoms. The van der Waals surface area contributed by atoms with Crippen LogP contribution in [0.5, 0.6) is 0 Å². The summed E-state index contributed by atoms with van der Waals surface area (Å²) in [5.74, 6) is 0.0109. The molecule has 1 aromatic heterocycles. The lowest BCUT2D eigenvalue weighted by atomic mass is 10.1. The molecule has 0 spiro atoms. The van der Waals surface area contributed by atoms with Crippen LogP contribution in [0.15, 0.2) is 48.8 Å². The fourth-order valence-electron chi connectivity index (χ4n) is 1.93. The summed E-state index contributed by atoms with van der Waals surface area (Å²) in [4.78, 5) is 11.9. The van der Waals surface area contributed by atoms with Gasteiger partial charge in [0.15, 0.2) is 0 Å². The molecule has 0 fully saturated rings. The van der Waals surface area contributed by atoms with Gasteiger partial charge in [0.25, 0.3) is 0 Å². The Morgan fingerprint density at radius 3 is 2.79 bits per heavy atom. The lowest BCUT2D eigenvalue weighted by Gasteiger charge is -2.12. The monoisotopic (exact) mass is 257 g/mol. The fourth-order valence-corrected chi connectivity index (χ4v) is 1.93. The number of hydrogen-bond acceptors (Lipinski definition) is 2. The maximum Gasteiger partial charge on any atom is 0.244 e. The highest BCUT2D eigenvalue weighted by Gasteiger charge is 2.13. The van der Waals surface area contributed by atoms with Gasteiger partial charge in [-0.2, -0.15) is 5.10 Å². The van der Waals surface area contributed by atoms with Gasteiger partial charge in [0.1, 0.15) is 6.04 Å². The van der Waals surface area contributed by atoms with Gasteiger partial charge in [0.2, 0.25) is 5.91 Å². The number of aromatic nitrogens is 2. The van der Waals surface area contributed by atoms with Crippen LogP contribution in [0.3, 0.4) is 0 Å². The van der Waals surface area contributed by atoms with Crippen molar-refractivity contribution in [1.82, 2.24) is 15.1 Å². The standard InChI is InChI=1S/C15H19N3O/c1-13(18-12-6-11-17-18)15(19)16-10-5-9-14-7-3-2-4-8-14/h2-4,6-8,11-13H,5,9-10H2,1H3,(H,16,19). The van der Waals surface area contributed by atoms with E-state index >= 15 is 0 Å². The maximum atomic E-state index is 11.9. The lowest BCUT2D eigenvalue weighted by molar-refractivity contribution is -0.124. The number of hydrogen-bond donors (Lipinski definition) is 1. The van der Waals surface area contributed by atoms with E-state index in [1.54, 1.807) is 17.1 Å². The number of aryl methyl sites for hydroxylation is 1. The molecule has 1 aromatic carbocycles. The lowest BCUT2D eigenvalue weighted by Crippen LogP contribution is -2.32. The van der Waals surface area contributed by atoms with Crippen LogP contribution in [0, 0.1) is 0 Å². The van der Waals surface area contributed by atoms with Crippen LogP contribution < -0.4 is 5.32 Å². The van der Waals surface area contributed by atoms with Crippen molar-refractivity contribution in [1.29, 1.82) is 0 Å². The highest BCUT2D eigenvalue weighted by Crippen LogP contribution is 2.04. The summed E-state index contributed by atoms with van der Waals surface area (Å²) in [5.41, 5.74) is 1.30. The summed E-state index contributed by atoms with van der Waals surface area (Å²) >= 11 is 0. The molecular formula is C15H19N3O. The van der Waals surface area contributed by atoms with Crippen molar-refractivity contribution in [2.24, 2.45) is 0 Å². The van der Waals surface area contributed by atoms with E-state index in [1.165, 1.54) is 5.56 Å². The highest BCUT2D eigenvalue weighted by molar-refractivity contribution is 5.79. The number of nitrogens with one attached hydrogen (secondary N) is 1. The van der Waals surface area contributed by atoms with E-state index in [-0.39, 0.29) is 11.9 Å². The number of carbonyl (C=O) groups is 1. The molecule has 1 atom stereocenters. The molecule has 100 valence electrons. The van der Waals surface area contributed by atoms with Crippen molar-refractivity contribution < 1.29 is 4.79 Å². The minimum Gasteiger partial charge on any atom is -0.354 e. The van der Waals surface area contributed by atoms with Gasteiger partial charge in [0, 0.05) is 18.9 Å². The third-order valence-electron chi connectivity index (χ3n) is 3.09. The summed E-state index contributed by atoms with van der Waals surface area (Å²) in [7, 11) is 0. The van der Waals surface area contributed by atoms with Crippen LogP contribution in [0.1, 0.15) is 24.9 Å². The summed E-state index contributed by atoms with van der Waals surface area (Å²) in [6.07, 6.45) is 5.41. The Kier molecular flexibility index (Phi) is 4.72. The molecule has 0 radical (unpaired) electrons. The second-order valence-corrected chi connectivity index (χ2v) is 4.54. The van der Waals surface area contributed by atoms with E-state index in [1.807, 2.05) is 31.2 Å². The van der Waals surface area contributed by atoms with Crippen molar-refractivity contribution in [3.8, 4) is 0 Å². The van der Waals surface area contributed by atoms with Crippen molar-refractivity contribution in [3.63, 3.8) is 0 Å². The van der Waals surface area contributed by atoms with Crippen molar-refractivity contribution in [2.45, 2.75) is 25.8 Å². The number of amides is 1. The fraction of sp³-hybridized carbons (Fsp3) is 0.333. The quantitative estimate of drug-likeness (QED) is 0.806. The van der Waals surface area contributed by atoms with Gasteiger partial charge < -0.3 is 5.32 Å². The summed E-state index contributed by atoms with van der Waals surface area (Å²) in [5, 5.41) is 7.01. The van der Waals surface area contributed by atoms with Crippen molar-refractivity contribution in [3.05, 3.63) is 54.4 Å². The van der Waals surface area contributed by atoms with Crippen LogP contribution >= 0.6 is 0 Å². The second kappa shape index (κ2) is 6.73. The zero-order chi connectivity index (χ0) is 13.5. The SMILES string of the molecule is CC(C(=O)NCCCc1ccccc1)n1cccn1. The highest BCUT2D eigenvalue weighted by atomic mass is 16.2. The molecule has 2 aromatic rings. The molecule has 1 amide bonds. The number of nitrogens with zero attached hydrogens (tertiary/aromatic N) is 2. The first-order valence-corrected chi connectivity index (χ1v) is 6.58. The molecule has 0 aliphatic carbocycles. The molecule has 1 N–H and O–H groups in total. The smallest absolute Gasteiger partial charge is 0.244 e. The van der Waals surface area contributed by atoms with Gasteiger partial charge in [0.05, 0.1) is 0 Å². The number of benzene rings is 1. The maximum absolute atomic E-state index is 11.9. The van der Waals surface area contributed by atoms with E-state index in [9.17, 15) is 4.79 Å². The van der Waals surface area contributed by atoms with Crippen molar-refractivity contribution >= 4 is 5.91 Å². The second-order valence-electron chi connectivity index (χ2n) is 4.54. The Morgan fingerprint density at radius 2 is 2.11 bits per heavy atom. The van der Waals surface area contributed by atoms with E-state index in [0.717, 1.165) is 12.8 Å². The van der Waals surface area contributed by atoms with E-state index < -0.39 is 0 Å². The largest absolute Gasteiger partial charge is 0.354 e. The predicted molar refractivity (Wildman–Crippen MR) is 74.7 cm³/mol. The molecule has 4 nitrogen and oxygen atoms in total. The first kappa shape index (κ1) is 13.3. The Balaban J connectivity index is 1.70. The van der Waals surface area contributed by atoms with Gasteiger partial charge in [-0.1, -0.05) is 30.3 Å². The van der Waals surface area contributed by atoms with Gasteiger partial charge in [-0.3, -0.25) is 9.48 Å². The molecule has 0 saturated carbocycles. The van der Waals surface area contributed by atoms with Gasteiger partial charge >= 0.3 is 0 Å². The van der Waals surface area contributed by atoms with Gasteiger partial charge in [-0.15, -0.1) is 0 Å². The molecule has 0 saturated heterocycles. The molecule has 19 heavy (non-hydrogen) atoms. The summed E-state index contributed by atoms with van der Waals surface area (Å²) < 4.78 is 1.66. The summed E-state index contributed by atoms with van der Waals surface area (Å²) in [6, 6.07) is 11.9. The topological polar surface area (TPSA) is 46.9 Å². The third-order valence-corrected chi connectivity index (χ3v) is 3.09. The zero-order valence-electron chi connectivity index (χ0n) is 11.1. The van der Waals surface area contributed by atoms with E-state index in [4.69, 9.17) is 0 Å². The van der Waals surface area contributed by atoms with Gasteiger partial charge in [-0.25, -0.2) is 0 Å². The van der Waals surface area contributed by atoms with Crippen LogP contribution in [0.2, 0.25) is 0 Å². The first-order chi connectivity index (χ1) is 9.27. The Labute approximate surface area is 113 Å². The third kappa shape index (κ3) is 3.95. The molecule has 2 rings (SSSR count). The first-order valence-electron chi connectivity index (χ1n) is 6.58. The molecule has 1 heterocycles. The minimum absolute atomic E-state index is 0.0109. The van der Waals surface area contributed by atoms with Crippen LogP contribution in [-0.2, 0) is 11.2 Å². The van der Waals surface area contributed by atoms with Gasteiger partial charge in [-0.05, 0) is 31.4 Å². The molecular weight excluding hydrogens is 238 g/mol. The number of carbonyl (C=O) groups excluding carboxylic acids is 1. The average molecular weight is 257 g/mol. The predicted octanol–water partition coefficient (Wildman–Crippen LogP) is 2.19. The van der Waals surface area contributed by atoms with E-state index in [0.29, 0.717) is 6.54 Å². The van der Waals surface area contributed by atoms with E-state index in [2.05, 4.69) is 22.5 Å². The summed E-state index contributed by atoms with van der Waals surface area (Å²) in [6.45, 7) is 2.54. The molecule has 0 aliphatic rings. The normalized spacial score (nSPS) is 12.1. The van der Waals surface area contributed by atoms with Crippen LogP contribution in [-0.4, -0.2) is 22.2 Å². The number of rotatable bonds is 6. The Bertz CT molecular complexity index is 493. The molecule has 0 bridgehead atoms. The molecule has 1 unspecified atom stereocenters. The molecule has 0 aliphatic heterocycles. The van der Waals surface area contributed by atoms with Crippen LogP contribution in [0.4, 0.5) is 0 Å². The zero-order valence-corrected chi connectivity index (χ0v) is 11.1. The Morgan fingerprint density at radius 1 is 1.32 bits per heavy atom. The average Bonchev–Trinajstić information content (AvgIpc) is 2.98. The minimum atomic E-state index is -0.258. The van der Waals surface area contributed by atoms with Crippen molar-refractivity contribution in [2.75, 3.05) is 6.54 Å². The Hall–Kier alpha value is -2.10.